The fourth-order valence-electron chi connectivity index (χ4n) is 2.93. The number of esters is 2. The van der Waals surface area contributed by atoms with Crippen LogP contribution in [-0.4, -0.2) is 86.1 Å². The van der Waals surface area contributed by atoms with E-state index in [4.69, 9.17) is 18.9 Å². The number of ether oxygens (including phenoxy) is 4. The van der Waals surface area contributed by atoms with Crippen molar-refractivity contribution in [3.8, 4) is 0 Å². The van der Waals surface area contributed by atoms with Gasteiger partial charge >= 0.3 is 17.2 Å². The normalized spacial score (nSPS) is 14.7. The summed E-state index contributed by atoms with van der Waals surface area (Å²) < 4.78 is 20.3. The minimum Gasteiger partial charge on any atom is -0.464 e. The van der Waals surface area contributed by atoms with Crippen LogP contribution in [0.15, 0.2) is 30.3 Å². The van der Waals surface area contributed by atoms with Gasteiger partial charge in [-0.2, -0.15) is 0 Å². The number of carbonyl (C=O) groups is 4. The van der Waals surface area contributed by atoms with Crippen LogP contribution in [0.2, 0.25) is 0 Å². The molecule has 1 aliphatic heterocycles. The minimum absolute atomic E-state index is 0.0718. The number of hydrogen-bond donors (Lipinski definition) is 1. The molecule has 182 valence electrons. The molecule has 0 aliphatic carbocycles. The molecule has 10 nitrogen and oxygen atoms in total. The number of morpholine rings is 1. The number of thioether (sulfide) groups is 1. The zero-order valence-electron chi connectivity index (χ0n) is 18.7. The van der Waals surface area contributed by atoms with Gasteiger partial charge in [-0.15, -0.1) is 0 Å². The lowest BCUT2D eigenvalue weighted by Gasteiger charge is -2.26. The zero-order valence-corrected chi connectivity index (χ0v) is 19.5. The van der Waals surface area contributed by atoms with E-state index in [1.54, 1.807) is 30.3 Å². The molecule has 0 unspecified atom stereocenters. The number of hydrogen-bond acceptors (Lipinski definition) is 10. The molecule has 0 spiro atoms. The maximum Gasteiger partial charge on any atom is 0.370 e. The molecule has 0 saturated carbocycles. The quantitative estimate of drug-likeness (QED) is 0.268. The van der Waals surface area contributed by atoms with Gasteiger partial charge in [0.25, 0.3) is 0 Å². The van der Waals surface area contributed by atoms with Crippen molar-refractivity contribution in [2.45, 2.75) is 25.8 Å². The fraction of sp³-hybridized carbons (Fsp3) is 0.545. The molecule has 1 saturated heterocycles. The van der Waals surface area contributed by atoms with Crippen LogP contribution in [0.3, 0.4) is 0 Å². The Bertz CT molecular complexity index is 771. The average Bonchev–Trinajstić information content (AvgIpc) is 2.82. The van der Waals surface area contributed by atoms with Crippen molar-refractivity contribution in [2.75, 3.05) is 52.0 Å². The summed E-state index contributed by atoms with van der Waals surface area (Å²) in [6.45, 7) is 5.14. The van der Waals surface area contributed by atoms with Gasteiger partial charge in [0, 0.05) is 25.8 Å². The van der Waals surface area contributed by atoms with E-state index in [0.29, 0.717) is 23.7 Å². The highest BCUT2D eigenvalue weighted by molar-refractivity contribution is 8.13. The smallest absolute Gasteiger partial charge is 0.370 e. The van der Waals surface area contributed by atoms with Crippen molar-refractivity contribution in [2.24, 2.45) is 0 Å². The third-order valence-electron chi connectivity index (χ3n) is 4.62. The summed E-state index contributed by atoms with van der Waals surface area (Å²) in [7, 11) is 0. The second-order valence-electron chi connectivity index (χ2n) is 7.20. The molecule has 1 aromatic carbocycles. The Balaban J connectivity index is 1.63. The number of unbranched alkanes of at least 4 members (excludes halogenated alkanes) is 1. The summed E-state index contributed by atoms with van der Waals surface area (Å²) in [5.41, 5.74) is 0.333. The molecule has 1 aromatic rings. The van der Waals surface area contributed by atoms with Crippen LogP contribution in [0.4, 0.5) is 4.79 Å². The summed E-state index contributed by atoms with van der Waals surface area (Å²) in [6.07, 6.45) is 1.57. The topological polar surface area (TPSA) is 120 Å². The molecule has 0 bridgehead atoms. The van der Waals surface area contributed by atoms with E-state index in [9.17, 15) is 19.2 Å². The molecular weight excluding hydrogens is 452 g/mol. The Hall–Kier alpha value is -2.63. The summed E-state index contributed by atoms with van der Waals surface area (Å²) in [5.74, 6) is -1.73. The molecule has 0 aromatic heterocycles. The number of benzene rings is 1. The van der Waals surface area contributed by atoms with Crippen LogP contribution in [0.5, 0.6) is 0 Å². The standard InChI is InChI=1S/C22H30N2O8S/c1-17(25)23-19(21(27)30-12-6-5-9-24-10-13-29-14-11-24)15-33-22(28)32-16-31-20(26)18-7-3-2-4-8-18/h2-4,7-8,19H,5-6,9-16H2,1H3,(H,23,25)/t19-/m0/s1. The van der Waals surface area contributed by atoms with Gasteiger partial charge in [-0.1, -0.05) is 18.2 Å². The van der Waals surface area contributed by atoms with Crippen molar-refractivity contribution in [1.82, 2.24) is 10.2 Å². The van der Waals surface area contributed by atoms with E-state index in [0.717, 1.165) is 39.3 Å². The first-order chi connectivity index (χ1) is 16.0. The van der Waals surface area contributed by atoms with Crippen molar-refractivity contribution >= 4 is 34.9 Å². The lowest BCUT2D eigenvalue weighted by atomic mass is 10.2. The Morgan fingerprint density at radius 3 is 2.48 bits per heavy atom. The zero-order chi connectivity index (χ0) is 23.9. The van der Waals surface area contributed by atoms with Crippen LogP contribution >= 0.6 is 11.8 Å². The van der Waals surface area contributed by atoms with Crippen molar-refractivity contribution in [3.05, 3.63) is 35.9 Å². The lowest BCUT2D eigenvalue weighted by molar-refractivity contribution is -0.147. The van der Waals surface area contributed by atoms with E-state index in [1.807, 2.05) is 0 Å². The summed E-state index contributed by atoms with van der Waals surface area (Å²) in [5, 5.41) is 1.73. The van der Waals surface area contributed by atoms with Gasteiger partial charge in [-0.3, -0.25) is 9.69 Å². The predicted molar refractivity (Wildman–Crippen MR) is 121 cm³/mol. The molecule has 1 fully saturated rings. The molecule has 1 amide bonds. The minimum atomic E-state index is -0.994. The van der Waals surface area contributed by atoms with Gasteiger partial charge in [0.05, 0.1) is 25.4 Å². The summed E-state index contributed by atoms with van der Waals surface area (Å²) in [6, 6.07) is 7.28. The maximum absolute atomic E-state index is 12.3. The number of nitrogens with zero attached hydrogens (tertiary/aromatic N) is 1. The van der Waals surface area contributed by atoms with Gasteiger partial charge in [-0.05, 0) is 43.3 Å². The highest BCUT2D eigenvalue weighted by Gasteiger charge is 2.23. The Labute approximate surface area is 197 Å². The van der Waals surface area contributed by atoms with E-state index in [-0.39, 0.29) is 12.4 Å². The maximum atomic E-state index is 12.3. The molecule has 1 heterocycles. The van der Waals surface area contributed by atoms with Crippen LogP contribution < -0.4 is 5.32 Å². The van der Waals surface area contributed by atoms with Crippen LogP contribution in [-0.2, 0) is 28.5 Å². The first-order valence-electron chi connectivity index (χ1n) is 10.7. The molecule has 1 N–H and O–H groups in total. The molecule has 1 aliphatic rings. The van der Waals surface area contributed by atoms with Gasteiger partial charge in [-0.25, -0.2) is 14.4 Å². The first kappa shape index (κ1) is 26.6. The van der Waals surface area contributed by atoms with E-state index in [2.05, 4.69) is 10.2 Å². The monoisotopic (exact) mass is 482 g/mol. The lowest BCUT2D eigenvalue weighted by Crippen LogP contribution is -2.43. The first-order valence-corrected chi connectivity index (χ1v) is 11.7. The highest BCUT2D eigenvalue weighted by Crippen LogP contribution is 2.10. The van der Waals surface area contributed by atoms with Gasteiger partial charge < -0.3 is 24.3 Å². The molecule has 1 atom stereocenters. The number of amides is 1. The summed E-state index contributed by atoms with van der Waals surface area (Å²) in [4.78, 5) is 49.7. The number of nitrogens with one attached hydrogen (secondary N) is 1. The van der Waals surface area contributed by atoms with Crippen molar-refractivity contribution in [1.29, 1.82) is 0 Å². The van der Waals surface area contributed by atoms with E-state index in [1.165, 1.54) is 6.92 Å². The van der Waals surface area contributed by atoms with Crippen LogP contribution in [0.1, 0.15) is 30.1 Å². The average molecular weight is 483 g/mol. The number of carbonyl (C=O) groups excluding carboxylic acids is 4. The SMILES string of the molecule is CC(=O)N[C@@H](CSC(=O)OCOC(=O)c1ccccc1)C(=O)OCCCCN1CCOCC1. The van der Waals surface area contributed by atoms with E-state index >= 15 is 0 Å². The molecule has 33 heavy (non-hydrogen) atoms. The predicted octanol–water partition coefficient (Wildman–Crippen LogP) is 1.83. The largest absolute Gasteiger partial charge is 0.464 e. The second-order valence-corrected chi connectivity index (χ2v) is 8.16. The van der Waals surface area contributed by atoms with Gasteiger partial charge in [0.2, 0.25) is 12.7 Å². The Morgan fingerprint density at radius 2 is 1.79 bits per heavy atom. The third-order valence-corrected chi connectivity index (χ3v) is 5.48. The molecule has 11 heteroatoms. The fourth-order valence-corrected chi connectivity index (χ4v) is 3.58. The number of rotatable bonds is 12. The second kappa shape index (κ2) is 15.3. The van der Waals surface area contributed by atoms with E-state index < -0.39 is 36.0 Å². The van der Waals surface area contributed by atoms with Crippen molar-refractivity contribution in [3.63, 3.8) is 0 Å². The van der Waals surface area contributed by atoms with Gasteiger partial charge in [0.15, 0.2) is 0 Å². The molecule has 0 radical (unpaired) electrons. The highest BCUT2D eigenvalue weighted by atomic mass is 32.2. The van der Waals surface area contributed by atoms with Gasteiger partial charge in [0.1, 0.15) is 6.04 Å². The third kappa shape index (κ3) is 11.2. The molecular formula is C22H30N2O8S. The van der Waals surface area contributed by atoms with Crippen LogP contribution in [0, 0.1) is 0 Å². The van der Waals surface area contributed by atoms with Crippen molar-refractivity contribution < 1.29 is 38.1 Å². The van der Waals surface area contributed by atoms with Crippen LogP contribution in [0.25, 0.3) is 0 Å². The summed E-state index contributed by atoms with van der Waals surface area (Å²) >= 11 is 0.678. The molecule has 2 rings (SSSR count). The Kier molecular flexibility index (Phi) is 12.3. The Morgan fingerprint density at radius 1 is 1.06 bits per heavy atom.